The molecule has 1 saturated heterocycles. The van der Waals surface area contributed by atoms with Crippen LogP contribution in [0.1, 0.15) is 45.6 Å². The summed E-state index contributed by atoms with van der Waals surface area (Å²) in [6, 6.07) is 6.73. The average Bonchev–Trinajstić information content (AvgIpc) is 2.42. The van der Waals surface area contributed by atoms with Gasteiger partial charge in [-0.15, -0.1) is 0 Å². The van der Waals surface area contributed by atoms with Crippen LogP contribution in [0.15, 0.2) is 18.2 Å². The molecule has 112 valence electrons. The topological polar surface area (TPSA) is 44.7 Å². The van der Waals surface area contributed by atoms with Crippen LogP contribution in [0.5, 0.6) is 11.5 Å². The Morgan fingerprint density at radius 2 is 2.00 bits per heavy atom. The van der Waals surface area contributed by atoms with Crippen LogP contribution in [0.4, 0.5) is 0 Å². The van der Waals surface area contributed by atoms with Crippen LogP contribution in [0.3, 0.4) is 0 Å². The van der Waals surface area contributed by atoms with Crippen molar-refractivity contribution >= 4 is 0 Å². The van der Waals surface area contributed by atoms with Crippen molar-refractivity contribution in [2.45, 2.75) is 58.7 Å². The van der Waals surface area contributed by atoms with E-state index in [1.54, 1.807) is 6.07 Å². The maximum Gasteiger partial charge on any atom is 0.162 e. The van der Waals surface area contributed by atoms with Gasteiger partial charge in [0.15, 0.2) is 11.5 Å². The van der Waals surface area contributed by atoms with Crippen LogP contribution < -0.4 is 10.2 Å². The minimum Gasteiger partial charge on any atom is -0.504 e. The first-order chi connectivity index (χ1) is 9.63. The van der Waals surface area contributed by atoms with Crippen LogP contribution in [-0.4, -0.2) is 28.8 Å². The third-order valence-electron chi connectivity index (χ3n) is 4.03. The standard InChI is InChI=1S/C16H26N2O2/c1-4-20-15-10-6-9-14(16(15)19)11-17-18-12(2)7-5-8-13(18)3/h6,9-10,12-13,17,19H,4-5,7-8,11H2,1-3H3. The van der Waals surface area contributed by atoms with Crippen molar-refractivity contribution in [3.8, 4) is 11.5 Å². The molecular weight excluding hydrogens is 252 g/mol. The van der Waals surface area contributed by atoms with Crippen LogP contribution in [0, 0.1) is 0 Å². The summed E-state index contributed by atoms with van der Waals surface area (Å²) in [6.07, 6.45) is 3.75. The van der Waals surface area contributed by atoms with Gasteiger partial charge in [0.1, 0.15) is 0 Å². The van der Waals surface area contributed by atoms with E-state index in [0.29, 0.717) is 31.0 Å². The third kappa shape index (κ3) is 3.44. The van der Waals surface area contributed by atoms with Crippen LogP contribution >= 0.6 is 0 Å². The predicted molar refractivity (Wildman–Crippen MR) is 80.7 cm³/mol. The van der Waals surface area contributed by atoms with Crippen molar-refractivity contribution in [3.05, 3.63) is 23.8 Å². The van der Waals surface area contributed by atoms with Crippen molar-refractivity contribution in [1.82, 2.24) is 10.4 Å². The summed E-state index contributed by atoms with van der Waals surface area (Å²) in [7, 11) is 0. The molecule has 0 bridgehead atoms. The van der Waals surface area contributed by atoms with Gasteiger partial charge < -0.3 is 9.84 Å². The summed E-state index contributed by atoms with van der Waals surface area (Å²) in [6.45, 7) is 7.60. The fraction of sp³-hybridized carbons (Fsp3) is 0.625. The number of aromatic hydroxyl groups is 1. The highest BCUT2D eigenvalue weighted by Crippen LogP contribution is 2.30. The second-order valence-electron chi connectivity index (χ2n) is 5.57. The van der Waals surface area contributed by atoms with E-state index in [2.05, 4.69) is 24.3 Å². The molecule has 0 aromatic heterocycles. The number of phenols is 1. The highest BCUT2D eigenvalue weighted by Gasteiger charge is 2.24. The molecule has 4 heteroatoms. The number of phenolic OH excluding ortho intramolecular Hbond substituents is 1. The van der Waals surface area contributed by atoms with Crippen molar-refractivity contribution < 1.29 is 9.84 Å². The molecule has 0 amide bonds. The number of piperidine rings is 1. The van der Waals surface area contributed by atoms with E-state index in [9.17, 15) is 5.11 Å². The summed E-state index contributed by atoms with van der Waals surface area (Å²) in [5.74, 6) is 0.811. The number of ether oxygens (including phenoxy) is 1. The lowest BCUT2D eigenvalue weighted by Crippen LogP contribution is -2.51. The van der Waals surface area contributed by atoms with Crippen LogP contribution in [-0.2, 0) is 6.54 Å². The maximum absolute atomic E-state index is 10.2. The Labute approximate surface area is 121 Å². The molecule has 1 fully saturated rings. The van der Waals surface area contributed by atoms with Gasteiger partial charge in [-0.2, -0.15) is 0 Å². The number of hydrazine groups is 1. The summed E-state index contributed by atoms with van der Waals surface area (Å²) in [4.78, 5) is 0. The summed E-state index contributed by atoms with van der Waals surface area (Å²) >= 11 is 0. The Morgan fingerprint density at radius 1 is 1.30 bits per heavy atom. The minimum absolute atomic E-state index is 0.249. The Morgan fingerprint density at radius 3 is 2.65 bits per heavy atom. The SMILES string of the molecule is CCOc1cccc(CNN2C(C)CCCC2C)c1O. The molecule has 2 unspecified atom stereocenters. The normalized spacial score (nSPS) is 23.8. The lowest BCUT2D eigenvalue weighted by Gasteiger charge is -2.39. The molecule has 1 aromatic carbocycles. The minimum atomic E-state index is 0.249. The largest absolute Gasteiger partial charge is 0.504 e. The van der Waals surface area contributed by atoms with Gasteiger partial charge in [0.2, 0.25) is 0 Å². The summed E-state index contributed by atoms with van der Waals surface area (Å²) < 4.78 is 5.42. The number of hydrogen-bond donors (Lipinski definition) is 2. The Kier molecular flexibility index (Phi) is 5.26. The molecule has 0 saturated carbocycles. The molecule has 2 N–H and O–H groups in total. The quantitative estimate of drug-likeness (QED) is 0.869. The average molecular weight is 278 g/mol. The highest BCUT2D eigenvalue weighted by atomic mass is 16.5. The molecule has 2 atom stereocenters. The van der Waals surface area contributed by atoms with Crippen LogP contribution in [0.25, 0.3) is 0 Å². The van der Waals surface area contributed by atoms with Crippen molar-refractivity contribution in [3.63, 3.8) is 0 Å². The van der Waals surface area contributed by atoms with Gasteiger partial charge in [0.25, 0.3) is 0 Å². The first-order valence-electron chi connectivity index (χ1n) is 7.59. The number of nitrogens with zero attached hydrogens (tertiary/aromatic N) is 1. The first kappa shape index (κ1) is 15.1. The van der Waals surface area contributed by atoms with Gasteiger partial charge in [-0.3, -0.25) is 5.43 Å². The molecular formula is C16H26N2O2. The van der Waals surface area contributed by atoms with E-state index in [1.165, 1.54) is 19.3 Å². The number of benzene rings is 1. The van der Waals surface area contributed by atoms with Crippen molar-refractivity contribution in [1.29, 1.82) is 0 Å². The lowest BCUT2D eigenvalue weighted by molar-refractivity contribution is 0.0432. The molecule has 0 radical (unpaired) electrons. The van der Waals surface area contributed by atoms with Crippen molar-refractivity contribution in [2.24, 2.45) is 0 Å². The Bertz CT molecular complexity index is 426. The predicted octanol–water partition coefficient (Wildman–Crippen LogP) is 3.06. The molecule has 2 rings (SSSR count). The first-order valence-corrected chi connectivity index (χ1v) is 7.59. The van der Waals surface area contributed by atoms with E-state index >= 15 is 0 Å². The van der Waals surface area contributed by atoms with Gasteiger partial charge in [0, 0.05) is 24.2 Å². The maximum atomic E-state index is 10.2. The van der Waals surface area contributed by atoms with E-state index in [1.807, 2.05) is 19.1 Å². The second-order valence-corrected chi connectivity index (χ2v) is 5.57. The van der Waals surface area contributed by atoms with E-state index in [-0.39, 0.29) is 5.75 Å². The van der Waals surface area contributed by atoms with E-state index in [4.69, 9.17) is 4.74 Å². The van der Waals surface area contributed by atoms with E-state index < -0.39 is 0 Å². The summed E-state index contributed by atoms with van der Waals surface area (Å²) in [5.41, 5.74) is 4.34. The van der Waals surface area contributed by atoms with Crippen LogP contribution in [0.2, 0.25) is 0 Å². The number of hydrogen-bond acceptors (Lipinski definition) is 4. The molecule has 0 aliphatic carbocycles. The fourth-order valence-corrected chi connectivity index (χ4v) is 2.89. The number of nitrogens with one attached hydrogen (secondary N) is 1. The van der Waals surface area contributed by atoms with E-state index in [0.717, 1.165) is 5.56 Å². The highest BCUT2D eigenvalue weighted by molar-refractivity contribution is 5.45. The molecule has 4 nitrogen and oxygen atoms in total. The van der Waals surface area contributed by atoms with Gasteiger partial charge in [-0.1, -0.05) is 18.6 Å². The monoisotopic (exact) mass is 278 g/mol. The molecule has 1 aliphatic heterocycles. The molecule has 20 heavy (non-hydrogen) atoms. The zero-order chi connectivity index (χ0) is 14.5. The summed E-state index contributed by atoms with van der Waals surface area (Å²) in [5, 5.41) is 12.5. The Balaban J connectivity index is 2.01. The fourth-order valence-electron chi connectivity index (χ4n) is 2.89. The molecule has 1 heterocycles. The number of rotatable bonds is 5. The molecule has 1 aromatic rings. The van der Waals surface area contributed by atoms with Gasteiger partial charge in [-0.05, 0) is 39.7 Å². The van der Waals surface area contributed by atoms with Crippen molar-refractivity contribution in [2.75, 3.05) is 6.61 Å². The Hall–Kier alpha value is -1.26. The second kappa shape index (κ2) is 6.95. The zero-order valence-corrected chi connectivity index (χ0v) is 12.7. The van der Waals surface area contributed by atoms with Gasteiger partial charge in [-0.25, -0.2) is 5.01 Å². The molecule has 0 spiro atoms. The van der Waals surface area contributed by atoms with Gasteiger partial charge in [0.05, 0.1) is 6.61 Å². The number of para-hydroxylation sites is 1. The third-order valence-corrected chi connectivity index (χ3v) is 4.03. The molecule has 1 aliphatic rings. The lowest BCUT2D eigenvalue weighted by atomic mass is 10.00. The smallest absolute Gasteiger partial charge is 0.162 e. The van der Waals surface area contributed by atoms with Gasteiger partial charge >= 0.3 is 0 Å². The zero-order valence-electron chi connectivity index (χ0n) is 12.7.